The molecule has 8 heteroatoms. The van der Waals surface area contributed by atoms with Crippen LogP contribution >= 0.6 is 0 Å². The van der Waals surface area contributed by atoms with Crippen molar-refractivity contribution in [3.8, 4) is 35.0 Å². The topological polar surface area (TPSA) is 124 Å². The number of nitrogens with one attached hydrogen (secondary N) is 1. The van der Waals surface area contributed by atoms with E-state index in [4.69, 9.17) is 14.9 Å². The molecular formula is C17H11N7O. The highest BCUT2D eigenvalue weighted by molar-refractivity contribution is 6.10. The summed E-state index contributed by atoms with van der Waals surface area (Å²) >= 11 is 0. The van der Waals surface area contributed by atoms with E-state index < -0.39 is 0 Å². The van der Waals surface area contributed by atoms with Gasteiger partial charge in [0.2, 0.25) is 17.5 Å². The summed E-state index contributed by atoms with van der Waals surface area (Å²) in [5.74, 6) is 0.659. The maximum atomic E-state index is 8.77. The van der Waals surface area contributed by atoms with Crippen LogP contribution in [0.5, 0.6) is 0 Å². The molecule has 1 aromatic carbocycles. The Morgan fingerprint density at radius 2 is 1.80 bits per heavy atom. The SMILES string of the molecule is Cc1ccc(NN=C(C#N)C#N)c(-c2nnc(-c3ccncc3)o2)c1. The second kappa shape index (κ2) is 7.02. The second-order valence-electron chi connectivity index (χ2n) is 4.99. The summed E-state index contributed by atoms with van der Waals surface area (Å²) in [5.41, 5.74) is 5.31. The Kier molecular flexibility index (Phi) is 4.45. The molecule has 0 saturated heterocycles. The van der Waals surface area contributed by atoms with Gasteiger partial charge >= 0.3 is 0 Å². The van der Waals surface area contributed by atoms with E-state index in [-0.39, 0.29) is 5.71 Å². The van der Waals surface area contributed by atoms with Gasteiger partial charge in [0, 0.05) is 18.0 Å². The number of nitrogens with zero attached hydrogens (tertiary/aromatic N) is 6. The van der Waals surface area contributed by atoms with Gasteiger partial charge in [-0.15, -0.1) is 10.2 Å². The minimum atomic E-state index is -0.283. The highest BCUT2D eigenvalue weighted by Crippen LogP contribution is 2.30. The van der Waals surface area contributed by atoms with Crippen molar-refractivity contribution in [2.24, 2.45) is 5.10 Å². The lowest BCUT2D eigenvalue weighted by Gasteiger charge is -2.06. The van der Waals surface area contributed by atoms with Gasteiger partial charge < -0.3 is 4.42 Å². The number of hydrogen-bond donors (Lipinski definition) is 1. The van der Waals surface area contributed by atoms with Crippen LogP contribution in [0.3, 0.4) is 0 Å². The first-order valence-corrected chi connectivity index (χ1v) is 7.20. The van der Waals surface area contributed by atoms with Crippen LogP contribution in [0.2, 0.25) is 0 Å². The van der Waals surface area contributed by atoms with Gasteiger partial charge in [-0.05, 0) is 31.2 Å². The Balaban J connectivity index is 1.99. The lowest BCUT2D eigenvalue weighted by Crippen LogP contribution is -1.98. The second-order valence-corrected chi connectivity index (χ2v) is 4.99. The summed E-state index contributed by atoms with van der Waals surface area (Å²) in [6, 6.07) is 12.4. The third-order valence-electron chi connectivity index (χ3n) is 3.26. The Morgan fingerprint density at radius 1 is 1.08 bits per heavy atom. The number of hydrogen-bond acceptors (Lipinski definition) is 8. The van der Waals surface area contributed by atoms with E-state index in [0.29, 0.717) is 23.0 Å². The minimum Gasteiger partial charge on any atom is -0.416 e. The summed E-state index contributed by atoms with van der Waals surface area (Å²) in [7, 11) is 0. The van der Waals surface area contributed by atoms with Gasteiger partial charge in [0.15, 0.2) is 0 Å². The lowest BCUT2D eigenvalue weighted by atomic mass is 10.1. The molecule has 8 nitrogen and oxygen atoms in total. The number of benzene rings is 1. The largest absolute Gasteiger partial charge is 0.416 e. The summed E-state index contributed by atoms with van der Waals surface area (Å²) in [6.45, 7) is 1.92. The molecule has 2 aromatic heterocycles. The van der Waals surface area contributed by atoms with Gasteiger partial charge in [-0.1, -0.05) is 11.6 Å². The van der Waals surface area contributed by atoms with Crippen LogP contribution in [0.25, 0.3) is 22.9 Å². The molecule has 0 saturated carbocycles. The van der Waals surface area contributed by atoms with Crippen molar-refractivity contribution in [3.05, 3.63) is 48.3 Å². The molecule has 0 bridgehead atoms. The molecule has 0 atom stereocenters. The van der Waals surface area contributed by atoms with Gasteiger partial charge in [-0.25, -0.2) is 0 Å². The molecule has 0 amide bonds. The quantitative estimate of drug-likeness (QED) is 0.576. The third-order valence-corrected chi connectivity index (χ3v) is 3.26. The van der Waals surface area contributed by atoms with Crippen LogP contribution in [0.1, 0.15) is 5.56 Å². The van der Waals surface area contributed by atoms with Gasteiger partial charge in [0.1, 0.15) is 12.1 Å². The smallest absolute Gasteiger partial charge is 0.250 e. The molecular weight excluding hydrogens is 318 g/mol. The monoisotopic (exact) mass is 329 g/mol. The molecule has 25 heavy (non-hydrogen) atoms. The van der Waals surface area contributed by atoms with Crippen molar-refractivity contribution in [2.45, 2.75) is 6.92 Å². The lowest BCUT2D eigenvalue weighted by molar-refractivity contribution is 0.584. The van der Waals surface area contributed by atoms with Crippen LogP contribution in [0, 0.1) is 29.6 Å². The van der Waals surface area contributed by atoms with Gasteiger partial charge in [-0.2, -0.15) is 15.6 Å². The molecule has 0 radical (unpaired) electrons. The van der Waals surface area contributed by atoms with Crippen LogP contribution in [0.4, 0.5) is 5.69 Å². The predicted octanol–water partition coefficient (Wildman–Crippen LogP) is 2.92. The van der Waals surface area contributed by atoms with E-state index in [1.165, 1.54) is 0 Å². The van der Waals surface area contributed by atoms with Crippen LogP contribution < -0.4 is 5.43 Å². The fourth-order valence-electron chi connectivity index (χ4n) is 2.07. The van der Waals surface area contributed by atoms with E-state index in [9.17, 15) is 0 Å². The number of pyridine rings is 1. The Hall–Kier alpha value is -4.04. The molecule has 3 aromatic rings. The van der Waals surface area contributed by atoms with Crippen molar-refractivity contribution in [3.63, 3.8) is 0 Å². The van der Waals surface area contributed by atoms with Gasteiger partial charge in [0.25, 0.3) is 0 Å². The van der Waals surface area contributed by atoms with Crippen molar-refractivity contribution in [1.29, 1.82) is 10.5 Å². The van der Waals surface area contributed by atoms with Gasteiger partial charge in [0.05, 0.1) is 11.3 Å². The van der Waals surface area contributed by atoms with Crippen LogP contribution in [0.15, 0.2) is 52.2 Å². The number of hydrazone groups is 1. The zero-order valence-electron chi connectivity index (χ0n) is 13.1. The van der Waals surface area contributed by atoms with E-state index >= 15 is 0 Å². The first-order chi connectivity index (χ1) is 12.2. The fraction of sp³-hybridized carbons (Fsp3) is 0.0588. The average Bonchev–Trinajstić information content (AvgIpc) is 3.14. The molecule has 0 spiro atoms. The minimum absolute atomic E-state index is 0.283. The zero-order valence-corrected chi connectivity index (χ0v) is 13.1. The van der Waals surface area contributed by atoms with E-state index in [2.05, 4.69) is 25.7 Å². The fourth-order valence-corrected chi connectivity index (χ4v) is 2.07. The molecule has 2 heterocycles. The Bertz CT molecular complexity index is 993. The summed E-state index contributed by atoms with van der Waals surface area (Å²) in [6.07, 6.45) is 3.28. The van der Waals surface area contributed by atoms with Crippen molar-refractivity contribution in [2.75, 3.05) is 5.43 Å². The summed E-state index contributed by atoms with van der Waals surface area (Å²) < 4.78 is 5.74. The maximum absolute atomic E-state index is 8.77. The standard InChI is InChI=1S/C17H11N7O/c1-11-2-3-15(22-21-13(9-18)10-19)14(8-11)17-24-23-16(25-17)12-4-6-20-7-5-12/h2-8,22H,1H3. The highest BCUT2D eigenvalue weighted by atomic mass is 16.4. The molecule has 0 aliphatic carbocycles. The van der Waals surface area contributed by atoms with Crippen molar-refractivity contribution < 1.29 is 4.42 Å². The normalized spacial score (nSPS) is 9.72. The summed E-state index contributed by atoms with van der Waals surface area (Å²) in [4.78, 5) is 3.95. The van der Waals surface area contributed by atoms with Crippen molar-refractivity contribution in [1.82, 2.24) is 15.2 Å². The highest BCUT2D eigenvalue weighted by Gasteiger charge is 2.14. The van der Waals surface area contributed by atoms with Gasteiger partial charge in [-0.3, -0.25) is 10.4 Å². The van der Waals surface area contributed by atoms with E-state index in [1.807, 2.05) is 19.1 Å². The zero-order chi connectivity index (χ0) is 17.6. The number of nitriles is 2. The molecule has 0 unspecified atom stereocenters. The number of anilines is 1. The molecule has 0 aliphatic heterocycles. The number of rotatable bonds is 4. The third kappa shape index (κ3) is 3.49. The van der Waals surface area contributed by atoms with Crippen molar-refractivity contribution >= 4 is 11.4 Å². The number of aryl methyl sites for hydroxylation is 1. The van der Waals surface area contributed by atoms with Crippen LogP contribution in [-0.2, 0) is 0 Å². The average molecular weight is 329 g/mol. The molecule has 0 aliphatic rings. The molecule has 3 rings (SSSR count). The molecule has 1 N–H and O–H groups in total. The van der Waals surface area contributed by atoms with E-state index in [0.717, 1.165) is 11.1 Å². The van der Waals surface area contributed by atoms with E-state index in [1.54, 1.807) is 42.7 Å². The first-order valence-electron chi connectivity index (χ1n) is 7.20. The Morgan fingerprint density at radius 3 is 2.52 bits per heavy atom. The molecule has 0 fully saturated rings. The Labute approximate surface area is 143 Å². The first kappa shape index (κ1) is 15.8. The summed E-state index contributed by atoms with van der Waals surface area (Å²) in [5, 5.41) is 29.4. The molecule has 120 valence electrons. The number of aromatic nitrogens is 3. The predicted molar refractivity (Wildman–Crippen MR) is 90.0 cm³/mol. The van der Waals surface area contributed by atoms with Crippen LogP contribution in [-0.4, -0.2) is 20.9 Å². The maximum Gasteiger partial charge on any atom is 0.250 e.